The normalized spacial score (nSPS) is 10.4. The maximum absolute atomic E-state index is 7.83. The fraction of sp³-hybridized carbons (Fsp3) is 0.231. The van der Waals surface area contributed by atoms with Crippen molar-refractivity contribution in [2.24, 2.45) is 0 Å². The van der Waals surface area contributed by atoms with E-state index in [-0.39, 0.29) is 5.90 Å². The standard InChI is InChI=1S/C26H28N2O3/c1-4-29-26(28)23-7-11-25(12-8-23)31-17-21-14-18(2)13-20(15-21)16-30-24-9-5-22(6-10-24)19(3)27/h5-15,27-28H,4,16-17H2,1-3H3. The van der Waals surface area contributed by atoms with Crippen molar-refractivity contribution in [2.45, 2.75) is 34.0 Å². The number of aryl methyl sites for hydroxylation is 1. The topological polar surface area (TPSA) is 75.4 Å². The molecule has 0 heterocycles. The maximum Gasteiger partial charge on any atom is 0.213 e. The summed E-state index contributed by atoms with van der Waals surface area (Å²) >= 11 is 0. The number of benzene rings is 3. The highest BCUT2D eigenvalue weighted by Gasteiger charge is 2.05. The van der Waals surface area contributed by atoms with E-state index in [1.165, 1.54) is 0 Å². The average molecular weight is 417 g/mol. The van der Waals surface area contributed by atoms with Crippen LogP contribution in [0.15, 0.2) is 66.7 Å². The third-order valence-corrected chi connectivity index (χ3v) is 4.70. The van der Waals surface area contributed by atoms with Crippen LogP contribution in [-0.4, -0.2) is 18.2 Å². The first-order valence-corrected chi connectivity index (χ1v) is 10.3. The van der Waals surface area contributed by atoms with Crippen molar-refractivity contribution in [3.05, 3.63) is 94.5 Å². The van der Waals surface area contributed by atoms with Crippen LogP contribution in [0.3, 0.4) is 0 Å². The summed E-state index contributed by atoms with van der Waals surface area (Å²) < 4.78 is 17.1. The third-order valence-electron chi connectivity index (χ3n) is 4.70. The summed E-state index contributed by atoms with van der Waals surface area (Å²) in [5.74, 6) is 1.69. The molecule has 0 radical (unpaired) electrons. The Balaban J connectivity index is 1.59. The Labute approximate surface area is 183 Å². The van der Waals surface area contributed by atoms with Gasteiger partial charge in [0, 0.05) is 11.3 Å². The van der Waals surface area contributed by atoms with Crippen molar-refractivity contribution in [3.8, 4) is 11.5 Å². The monoisotopic (exact) mass is 416 g/mol. The zero-order chi connectivity index (χ0) is 22.2. The molecule has 0 unspecified atom stereocenters. The van der Waals surface area contributed by atoms with Crippen molar-refractivity contribution < 1.29 is 14.2 Å². The molecule has 3 aromatic carbocycles. The smallest absolute Gasteiger partial charge is 0.213 e. The summed E-state index contributed by atoms with van der Waals surface area (Å²) in [5, 5.41) is 15.5. The van der Waals surface area contributed by atoms with Gasteiger partial charge in [0.1, 0.15) is 24.7 Å². The minimum Gasteiger partial charge on any atom is -0.489 e. The van der Waals surface area contributed by atoms with Crippen molar-refractivity contribution in [1.29, 1.82) is 10.8 Å². The lowest BCUT2D eigenvalue weighted by atomic mass is 10.1. The number of hydrogen-bond acceptors (Lipinski definition) is 5. The van der Waals surface area contributed by atoms with Gasteiger partial charge in [0.15, 0.2) is 0 Å². The molecule has 0 saturated heterocycles. The second-order valence-corrected chi connectivity index (χ2v) is 7.34. The van der Waals surface area contributed by atoms with Crippen molar-refractivity contribution in [3.63, 3.8) is 0 Å². The summed E-state index contributed by atoms with van der Waals surface area (Å²) in [6.07, 6.45) is 0. The highest BCUT2D eigenvalue weighted by Crippen LogP contribution is 2.19. The van der Waals surface area contributed by atoms with E-state index in [0.29, 0.717) is 25.5 Å². The van der Waals surface area contributed by atoms with Gasteiger partial charge in [-0.3, -0.25) is 5.41 Å². The van der Waals surface area contributed by atoms with E-state index < -0.39 is 0 Å². The van der Waals surface area contributed by atoms with E-state index in [9.17, 15) is 0 Å². The van der Waals surface area contributed by atoms with E-state index >= 15 is 0 Å². The molecule has 0 atom stereocenters. The maximum atomic E-state index is 7.83. The fourth-order valence-corrected chi connectivity index (χ4v) is 3.18. The Kier molecular flexibility index (Phi) is 7.44. The first-order chi connectivity index (χ1) is 14.9. The second-order valence-electron chi connectivity index (χ2n) is 7.34. The molecular weight excluding hydrogens is 388 g/mol. The molecule has 0 aromatic heterocycles. The van der Waals surface area contributed by atoms with Gasteiger partial charge in [-0.05, 0) is 92.1 Å². The Bertz CT molecular complexity index is 1040. The number of nitrogens with one attached hydrogen (secondary N) is 2. The van der Waals surface area contributed by atoms with Gasteiger partial charge in [-0.25, -0.2) is 0 Å². The molecule has 0 aliphatic carbocycles. The van der Waals surface area contributed by atoms with Crippen LogP contribution in [0.4, 0.5) is 0 Å². The zero-order valence-corrected chi connectivity index (χ0v) is 18.2. The highest BCUT2D eigenvalue weighted by atomic mass is 16.5. The van der Waals surface area contributed by atoms with Crippen molar-refractivity contribution in [1.82, 2.24) is 0 Å². The van der Waals surface area contributed by atoms with Crippen LogP contribution < -0.4 is 9.47 Å². The van der Waals surface area contributed by atoms with Gasteiger partial charge in [-0.2, -0.15) is 0 Å². The van der Waals surface area contributed by atoms with Crippen molar-refractivity contribution in [2.75, 3.05) is 6.61 Å². The van der Waals surface area contributed by atoms with E-state index in [1.54, 1.807) is 6.92 Å². The quantitative estimate of drug-likeness (QED) is 0.337. The summed E-state index contributed by atoms with van der Waals surface area (Å²) in [6, 6.07) is 21.2. The fourth-order valence-electron chi connectivity index (χ4n) is 3.18. The summed E-state index contributed by atoms with van der Waals surface area (Å²) in [7, 11) is 0. The Hall–Kier alpha value is -3.60. The van der Waals surface area contributed by atoms with Crippen LogP contribution in [-0.2, 0) is 18.0 Å². The van der Waals surface area contributed by atoms with E-state index in [1.807, 2.05) is 55.5 Å². The molecule has 2 N–H and O–H groups in total. The molecule has 3 rings (SSSR count). The van der Waals surface area contributed by atoms with Crippen LogP contribution in [0, 0.1) is 17.7 Å². The van der Waals surface area contributed by atoms with E-state index in [4.69, 9.17) is 25.0 Å². The Morgan fingerprint density at radius 3 is 1.68 bits per heavy atom. The Morgan fingerprint density at radius 2 is 1.23 bits per heavy atom. The van der Waals surface area contributed by atoms with Crippen LogP contribution in [0.5, 0.6) is 11.5 Å². The SMILES string of the molecule is CCOC(=N)c1ccc(OCc2cc(C)cc(COc3ccc(C(C)=N)cc3)c2)cc1. The van der Waals surface area contributed by atoms with Gasteiger partial charge in [-0.1, -0.05) is 17.7 Å². The van der Waals surface area contributed by atoms with Crippen LogP contribution in [0.25, 0.3) is 0 Å². The van der Waals surface area contributed by atoms with Crippen LogP contribution >= 0.6 is 0 Å². The predicted molar refractivity (Wildman–Crippen MR) is 124 cm³/mol. The number of hydrogen-bond donors (Lipinski definition) is 2. The molecule has 160 valence electrons. The first-order valence-electron chi connectivity index (χ1n) is 10.3. The van der Waals surface area contributed by atoms with Gasteiger partial charge in [-0.15, -0.1) is 0 Å². The second kappa shape index (κ2) is 10.4. The molecule has 0 aliphatic heterocycles. The van der Waals surface area contributed by atoms with Gasteiger partial charge in [0.2, 0.25) is 5.90 Å². The summed E-state index contributed by atoms with van der Waals surface area (Å²) in [6.45, 7) is 7.08. The summed E-state index contributed by atoms with van der Waals surface area (Å²) in [5.41, 5.74) is 5.45. The lowest BCUT2D eigenvalue weighted by molar-refractivity contribution is 0.299. The molecule has 5 nitrogen and oxygen atoms in total. The minimum absolute atomic E-state index is 0.167. The molecule has 0 saturated carbocycles. The molecule has 5 heteroatoms. The molecule has 0 spiro atoms. The largest absolute Gasteiger partial charge is 0.489 e. The van der Waals surface area contributed by atoms with E-state index in [2.05, 4.69) is 25.1 Å². The molecule has 0 aliphatic rings. The van der Waals surface area contributed by atoms with Gasteiger partial charge in [0.05, 0.1) is 6.61 Å². The lowest BCUT2D eigenvalue weighted by Crippen LogP contribution is -2.04. The predicted octanol–water partition coefficient (Wildman–Crippen LogP) is 5.90. The van der Waals surface area contributed by atoms with Crippen LogP contribution in [0.2, 0.25) is 0 Å². The van der Waals surface area contributed by atoms with Gasteiger partial charge >= 0.3 is 0 Å². The molecule has 0 amide bonds. The molecule has 3 aromatic rings. The summed E-state index contributed by atoms with van der Waals surface area (Å²) in [4.78, 5) is 0. The van der Waals surface area contributed by atoms with E-state index in [0.717, 1.165) is 39.3 Å². The van der Waals surface area contributed by atoms with Gasteiger partial charge < -0.3 is 19.6 Å². The molecule has 31 heavy (non-hydrogen) atoms. The number of ether oxygens (including phenoxy) is 3. The minimum atomic E-state index is 0.167. The lowest BCUT2D eigenvalue weighted by Gasteiger charge is -2.12. The third kappa shape index (κ3) is 6.44. The van der Waals surface area contributed by atoms with Crippen molar-refractivity contribution >= 4 is 11.6 Å². The molecule has 0 bridgehead atoms. The highest BCUT2D eigenvalue weighted by molar-refractivity contribution is 5.96. The first kappa shape index (κ1) is 22.1. The average Bonchev–Trinajstić information content (AvgIpc) is 2.77. The number of rotatable bonds is 9. The zero-order valence-electron chi connectivity index (χ0n) is 18.2. The molecular formula is C26H28N2O3. The van der Waals surface area contributed by atoms with Gasteiger partial charge in [0.25, 0.3) is 0 Å². The van der Waals surface area contributed by atoms with Crippen LogP contribution in [0.1, 0.15) is 41.7 Å². The Morgan fingerprint density at radius 1 is 0.742 bits per heavy atom. The molecule has 0 fully saturated rings.